The van der Waals surface area contributed by atoms with E-state index < -0.39 is 11.9 Å². The van der Waals surface area contributed by atoms with Gasteiger partial charge in [-0.15, -0.1) is 11.3 Å². The highest BCUT2D eigenvalue weighted by Gasteiger charge is 2.18. The summed E-state index contributed by atoms with van der Waals surface area (Å²) in [5.74, 6) is -1.08. The summed E-state index contributed by atoms with van der Waals surface area (Å²) in [4.78, 5) is 52.0. The van der Waals surface area contributed by atoms with Gasteiger partial charge in [-0.2, -0.15) is 0 Å². The summed E-state index contributed by atoms with van der Waals surface area (Å²) >= 11 is 3.22. The summed E-state index contributed by atoms with van der Waals surface area (Å²) in [5.41, 5.74) is 7.49. The van der Waals surface area contributed by atoms with Gasteiger partial charge in [0, 0.05) is 46.3 Å². The second-order valence-electron chi connectivity index (χ2n) is 11.8. The third-order valence-corrected chi connectivity index (χ3v) is 10.3. The summed E-state index contributed by atoms with van der Waals surface area (Å²) in [5, 5.41) is 9.66. The summed E-state index contributed by atoms with van der Waals surface area (Å²) in [6.45, 7) is 6.15. The number of para-hydroxylation sites is 1. The molecule has 0 aliphatic rings. The van der Waals surface area contributed by atoms with E-state index in [1.807, 2.05) is 103 Å². The standard InChI is InChI=1S/C40H30N4O5S2/c1-23(42-48-25(3)45)27-9-15-31(16-10-27)44-36-19-13-29(24(2)43-49-26(4)46)21-33(36)34-22-30(14-20-37(34)44)39(47)28-11-17-32(18-12-28)50-40-41-35-7-5-6-8-38(35)51-40/h5-22H,1-4H3. The summed E-state index contributed by atoms with van der Waals surface area (Å²) < 4.78 is 4.21. The van der Waals surface area contributed by atoms with Crippen LogP contribution in [0.25, 0.3) is 37.7 Å². The monoisotopic (exact) mass is 710 g/mol. The van der Waals surface area contributed by atoms with Gasteiger partial charge in [0.2, 0.25) is 0 Å². The Morgan fingerprint density at radius 1 is 0.647 bits per heavy atom. The van der Waals surface area contributed by atoms with Gasteiger partial charge in [-0.3, -0.25) is 4.79 Å². The molecule has 2 heterocycles. The van der Waals surface area contributed by atoms with E-state index in [1.165, 1.54) is 13.8 Å². The SMILES string of the molecule is CC(=O)ON=C(C)c1ccc(-n2c3ccc(C(=O)c4ccc(Sc5nc6ccccc6s5)cc4)cc3c3cc(C(C)=NOC(C)=O)ccc32)cc1. The topological polar surface area (TPSA) is 112 Å². The highest BCUT2D eigenvalue weighted by atomic mass is 32.2. The molecule has 51 heavy (non-hydrogen) atoms. The molecule has 2 aromatic heterocycles. The van der Waals surface area contributed by atoms with Gasteiger partial charge < -0.3 is 14.2 Å². The second-order valence-corrected chi connectivity index (χ2v) is 14.1. The van der Waals surface area contributed by atoms with Gasteiger partial charge in [0.1, 0.15) is 0 Å². The van der Waals surface area contributed by atoms with Gasteiger partial charge in [-0.05, 0) is 104 Å². The lowest BCUT2D eigenvalue weighted by Crippen LogP contribution is -2.02. The Morgan fingerprint density at radius 3 is 1.82 bits per heavy atom. The third kappa shape index (κ3) is 7.07. The van der Waals surface area contributed by atoms with Gasteiger partial charge in [-0.1, -0.05) is 52.4 Å². The first-order valence-corrected chi connectivity index (χ1v) is 17.6. The van der Waals surface area contributed by atoms with Crippen molar-refractivity contribution in [3.8, 4) is 5.69 Å². The molecule has 0 unspecified atom stereocenters. The number of hydrogen-bond acceptors (Lipinski definition) is 10. The van der Waals surface area contributed by atoms with Crippen molar-refractivity contribution in [2.24, 2.45) is 10.3 Å². The molecule has 5 aromatic carbocycles. The second kappa shape index (κ2) is 14.1. The van der Waals surface area contributed by atoms with E-state index >= 15 is 0 Å². The molecule has 11 heteroatoms. The molecule has 9 nitrogen and oxygen atoms in total. The summed E-state index contributed by atoms with van der Waals surface area (Å²) in [6, 6.07) is 35.1. The van der Waals surface area contributed by atoms with Crippen LogP contribution in [-0.4, -0.2) is 38.7 Å². The normalized spacial score (nSPS) is 12.1. The molecule has 0 atom stereocenters. The number of carbonyl (C=O) groups excluding carboxylic acids is 3. The maximum atomic E-state index is 13.9. The number of rotatable bonds is 9. The van der Waals surface area contributed by atoms with Crippen molar-refractivity contribution in [1.82, 2.24) is 9.55 Å². The minimum atomic E-state index is -0.504. The molecule has 0 saturated heterocycles. The Kier molecular flexibility index (Phi) is 9.31. The first-order valence-electron chi connectivity index (χ1n) is 16.0. The maximum Gasteiger partial charge on any atom is 0.331 e. The molecule has 0 amide bonds. The van der Waals surface area contributed by atoms with Crippen molar-refractivity contribution in [2.45, 2.75) is 36.9 Å². The van der Waals surface area contributed by atoms with Crippen LogP contribution in [0.3, 0.4) is 0 Å². The zero-order valence-corrected chi connectivity index (χ0v) is 29.7. The van der Waals surface area contributed by atoms with E-state index in [9.17, 15) is 14.4 Å². The fourth-order valence-electron chi connectivity index (χ4n) is 5.73. The Bertz CT molecular complexity index is 2520. The van der Waals surface area contributed by atoms with Gasteiger partial charge >= 0.3 is 11.9 Å². The van der Waals surface area contributed by atoms with Crippen LogP contribution in [-0.2, 0) is 19.3 Å². The van der Waals surface area contributed by atoms with Gasteiger partial charge in [0.25, 0.3) is 0 Å². The average Bonchev–Trinajstić information content (AvgIpc) is 3.70. The van der Waals surface area contributed by atoms with E-state index in [0.717, 1.165) is 58.1 Å². The first-order chi connectivity index (χ1) is 24.6. The Hall–Kier alpha value is -5.91. The van der Waals surface area contributed by atoms with Crippen molar-refractivity contribution in [1.29, 1.82) is 0 Å². The van der Waals surface area contributed by atoms with Gasteiger partial charge in [0.05, 0.1) is 32.7 Å². The number of ketones is 1. The van der Waals surface area contributed by atoms with Gasteiger partial charge in [-0.25, -0.2) is 14.6 Å². The van der Waals surface area contributed by atoms with Crippen molar-refractivity contribution < 1.29 is 24.1 Å². The lowest BCUT2D eigenvalue weighted by atomic mass is 10.0. The minimum Gasteiger partial charge on any atom is -0.318 e. The molecule has 0 N–H and O–H groups in total. The predicted molar refractivity (Wildman–Crippen MR) is 202 cm³/mol. The Morgan fingerprint density at radius 2 is 1.20 bits per heavy atom. The summed E-state index contributed by atoms with van der Waals surface area (Å²) in [7, 11) is 0. The molecule has 7 rings (SSSR count). The highest BCUT2D eigenvalue weighted by molar-refractivity contribution is 8.01. The Balaban J connectivity index is 1.25. The zero-order valence-electron chi connectivity index (χ0n) is 28.0. The first kappa shape index (κ1) is 33.6. The molecule has 0 aliphatic carbocycles. The van der Waals surface area contributed by atoms with Crippen LogP contribution in [0, 0.1) is 0 Å². The van der Waals surface area contributed by atoms with Gasteiger partial charge in [0.15, 0.2) is 10.1 Å². The predicted octanol–water partition coefficient (Wildman–Crippen LogP) is 9.35. The number of nitrogens with zero attached hydrogens (tertiary/aromatic N) is 4. The minimum absolute atomic E-state index is 0.0926. The van der Waals surface area contributed by atoms with Crippen LogP contribution in [0.2, 0.25) is 0 Å². The fourth-order valence-corrected chi connectivity index (χ4v) is 7.77. The number of hydrogen-bond donors (Lipinski definition) is 0. The van der Waals surface area contributed by atoms with E-state index in [2.05, 4.69) is 20.9 Å². The number of carbonyl (C=O) groups is 3. The molecular weight excluding hydrogens is 681 g/mol. The number of aromatic nitrogens is 2. The lowest BCUT2D eigenvalue weighted by molar-refractivity contribution is -0.141. The highest BCUT2D eigenvalue weighted by Crippen LogP contribution is 2.36. The molecule has 0 aliphatic heterocycles. The number of oxime groups is 2. The van der Waals surface area contributed by atoms with Crippen molar-refractivity contribution in [3.63, 3.8) is 0 Å². The van der Waals surface area contributed by atoms with Crippen LogP contribution >= 0.6 is 23.1 Å². The molecule has 0 bridgehead atoms. The largest absolute Gasteiger partial charge is 0.331 e. The molecule has 252 valence electrons. The molecule has 0 spiro atoms. The van der Waals surface area contributed by atoms with Crippen LogP contribution in [0.15, 0.2) is 129 Å². The zero-order chi connectivity index (χ0) is 35.6. The maximum absolute atomic E-state index is 13.9. The van der Waals surface area contributed by atoms with Crippen LogP contribution in [0.5, 0.6) is 0 Å². The molecular formula is C40H30N4O5S2. The molecule has 0 saturated carbocycles. The Labute approximate surface area is 301 Å². The van der Waals surface area contributed by atoms with E-state index in [0.29, 0.717) is 22.6 Å². The summed E-state index contributed by atoms with van der Waals surface area (Å²) in [6.07, 6.45) is 0. The number of fused-ring (bicyclic) bond motifs is 4. The van der Waals surface area contributed by atoms with Crippen LogP contribution in [0.1, 0.15) is 54.7 Å². The van der Waals surface area contributed by atoms with E-state index in [4.69, 9.17) is 14.7 Å². The molecule has 0 radical (unpaired) electrons. The van der Waals surface area contributed by atoms with Crippen LogP contribution < -0.4 is 0 Å². The van der Waals surface area contributed by atoms with E-state index in [-0.39, 0.29) is 5.78 Å². The molecule has 7 aromatic rings. The lowest BCUT2D eigenvalue weighted by Gasteiger charge is -2.10. The van der Waals surface area contributed by atoms with Crippen LogP contribution in [0.4, 0.5) is 0 Å². The fraction of sp³-hybridized carbons (Fsp3) is 0.100. The smallest absolute Gasteiger partial charge is 0.318 e. The van der Waals surface area contributed by atoms with Crippen molar-refractivity contribution in [3.05, 3.63) is 131 Å². The van der Waals surface area contributed by atoms with Crippen molar-refractivity contribution >= 4 is 84.3 Å². The van der Waals surface area contributed by atoms with E-state index in [1.54, 1.807) is 36.9 Å². The average molecular weight is 711 g/mol. The number of thiazole rings is 1. The number of benzene rings is 5. The third-order valence-electron chi connectivity index (χ3n) is 8.21. The quantitative estimate of drug-likeness (QED) is 0.0635. The molecule has 0 fully saturated rings. The van der Waals surface area contributed by atoms with Crippen molar-refractivity contribution in [2.75, 3.05) is 0 Å².